The number of phenols is 1. The van der Waals surface area contributed by atoms with Crippen molar-refractivity contribution in [3.8, 4) is 5.75 Å². The molecular weight excluding hydrogens is 302 g/mol. The first kappa shape index (κ1) is 15.7. The highest BCUT2D eigenvalue weighted by Crippen LogP contribution is 2.35. The molecule has 4 nitrogen and oxygen atoms in total. The maximum atomic E-state index is 12.3. The zero-order valence-corrected chi connectivity index (χ0v) is 14.5. The van der Waals surface area contributed by atoms with Gasteiger partial charge in [0.15, 0.2) is 0 Å². The van der Waals surface area contributed by atoms with Crippen LogP contribution in [0, 0.1) is 0 Å². The molecule has 1 aliphatic heterocycles. The Hall–Kier alpha value is -1.81. The van der Waals surface area contributed by atoms with E-state index in [1.165, 1.54) is 19.3 Å². The van der Waals surface area contributed by atoms with Crippen LogP contribution in [0.4, 0.5) is 0 Å². The van der Waals surface area contributed by atoms with E-state index in [1.54, 1.807) is 6.07 Å². The van der Waals surface area contributed by atoms with Crippen molar-refractivity contribution in [1.29, 1.82) is 0 Å². The van der Waals surface area contributed by atoms with E-state index in [2.05, 4.69) is 18.7 Å². The summed E-state index contributed by atoms with van der Waals surface area (Å²) in [6.45, 7) is 5.12. The molecule has 2 aromatic rings. The number of likely N-dealkylation sites (tertiary alicyclic amines) is 1. The molecule has 0 spiro atoms. The van der Waals surface area contributed by atoms with Crippen LogP contribution in [0.3, 0.4) is 0 Å². The minimum atomic E-state index is -0.221. The first-order chi connectivity index (χ1) is 11.6. The van der Waals surface area contributed by atoms with Gasteiger partial charge in [0.25, 0.3) is 0 Å². The summed E-state index contributed by atoms with van der Waals surface area (Å²) in [5, 5.41) is 11.5. The monoisotopic (exact) mass is 327 g/mol. The predicted molar refractivity (Wildman–Crippen MR) is 94.5 cm³/mol. The molecule has 1 aromatic carbocycles. The molecule has 1 aliphatic carbocycles. The molecular formula is C20H25NO3. The Kier molecular flexibility index (Phi) is 3.87. The second-order valence-electron chi connectivity index (χ2n) is 7.44. The molecule has 4 heteroatoms. The third-order valence-electron chi connectivity index (χ3n) is 5.94. The number of benzene rings is 1. The third kappa shape index (κ3) is 2.44. The molecule has 1 fully saturated rings. The van der Waals surface area contributed by atoms with E-state index in [0.717, 1.165) is 41.3 Å². The van der Waals surface area contributed by atoms with Crippen LogP contribution in [0.25, 0.3) is 11.0 Å². The molecule has 0 radical (unpaired) electrons. The van der Waals surface area contributed by atoms with Gasteiger partial charge in [-0.3, -0.25) is 4.90 Å². The molecule has 1 N–H and O–H groups in total. The van der Waals surface area contributed by atoms with E-state index in [1.807, 2.05) is 6.07 Å². The topological polar surface area (TPSA) is 53.7 Å². The fourth-order valence-electron chi connectivity index (χ4n) is 4.51. The Morgan fingerprint density at radius 2 is 1.83 bits per heavy atom. The van der Waals surface area contributed by atoms with Gasteiger partial charge in [0.05, 0.1) is 5.56 Å². The third-order valence-corrected chi connectivity index (χ3v) is 5.94. The van der Waals surface area contributed by atoms with Crippen LogP contribution in [0.5, 0.6) is 5.75 Å². The fourth-order valence-corrected chi connectivity index (χ4v) is 4.51. The van der Waals surface area contributed by atoms with Gasteiger partial charge in [-0.05, 0) is 63.6 Å². The molecule has 1 aromatic heterocycles. The highest BCUT2D eigenvalue weighted by Gasteiger charge is 2.28. The lowest BCUT2D eigenvalue weighted by atomic mass is 9.95. The smallest absolute Gasteiger partial charge is 0.339 e. The number of aryl methyl sites for hydroxylation is 1. The number of hydrogen-bond acceptors (Lipinski definition) is 4. The van der Waals surface area contributed by atoms with Gasteiger partial charge in [-0.1, -0.05) is 6.42 Å². The van der Waals surface area contributed by atoms with Crippen LogP contribution in [0.15, 0.2) is 21.3 Å². The summed E-state index contributed by atoms with van der Waals surface area (Å²) in [5.41, 5.74) is 3.09. The standard InChI is InChI=1S/C20H25NO3/c1-12-5-3-6-13(2)21(12)11-17-18(22)10-9-15-14-7-4-8-16(14)20(23)24-19(15)17/h9-10,12-13,22H,3-8,11H2,1-2H3/t12-,13-/m1/s1. The van der Waals surface area contributed by atoms with Crippen molar-refractivity contribution in [2.45, 2.75) is 71.0 Å². The summed E-state index contributed by atoms with van der Waals surface area (Å²) in [4.78, 5) is 14.8. The molecule has 0 saturated carbocycles. The first-order valence-corrected chi connectivity index (χ1v) is 9.11. The highest BCUT2D eigenvalue weighted by atomic mass is 16.4. The quantitative estimate of drug-likeness (QED) is 0.854. The number of phenolic OH excluding ortho intramolecular Hbond substituents is 1. The van der Waals surface area contributed by atoms with Gasteiger partial charge in [-0.15, -0.1) is 0 Å². The lowest BCUT2D eigenvalue weighted by Gasteiger charge is -2.39. The maximum absolute atomic E-state index is 12.3. The Morgan fingerprint density at radius 1 is 1.12 bits per heavy atom. The van der Waals surface area contributed by atoms with Crippen LogP contribution in [0.2, 0.25) is 0 Å². The zero-order valence-electron chi connectivity index (χ0n) is 14.5. The van der Waals surface area contributed by atoms with Gasteiger partial charge in [0.1, 0.15) is 11.3 Å². The predicted octanol–water partition coefficient (Wildman–Crippen LogP) is 3.75. The van der Waals surface area contributed by atoms with E-state index >= 15 is 0 Å². The highest BCUT2D eigenvalue weighted by molar-refractivity contribution is 5.86. The number of aromatic hydroxyl groups is 1. The number of hydrogen-bond donors (Lipinski definition) is 1. The minimum absolute atomic E-state index is 0.221. The van der Waals surface area contributed by atoms with E-state index in [-0.39, 0.29) is 11.4 Å². The second kappa shape index (κ2) is 5.92. The average molecular weight is 327 g/mol. The summed E-state index contributed by atoms with van der Waals surface area (Å²) < 4.78 is 5.69. The largest absolute Gasteiger partial charge is 0.507 e. The van der Waals surface area contributed by atoms with Crippen LogP contribution < -0.4 is 5.63 Å². The molecule has 1 saturated heterocycles. The normalized spacial score (nSPS) is 24.4. The van der Waals surface area contributed by atoms with Crippen molar-refractivity contribution in [1.82, 2.24) is 4.90 Å². The molecule has 128 valence electrons. The van der Waals surface area contributed by atoms with Gasteiger partial charge in [-0.25, -0.2) is 4.79 Å². The number of rotatable bonds is 2. The summed E-state index contributed by atoms with van der Waals surface area (Å²) in [6, 6.07) is 4.62. The molecule has 2 aliphatic rings. The van der Waals surface area contributed by atoms with Gasteiger partial charge >= 0.3 is 5.63 Å². The SMILES string of the molecule is C[C@@H]1CCC[C@@H](C)N1Cc1c(O)ccc2c3c(c(=O)oc12)CCC3. The molecule has 2 heterocycles. The lowest BCUT2D eigenvalue weighted by molar-refractivity contribution is 0.0945. The van der Waals surface area contributed by atoms with Crippen molar-refractivity contribution in [2.24, 2.45) is 0 Å². The first-order valence-electron chi connectivity index (χ1n) is 9.11. The van der Waals surface area contributed by atoms with E-state index in [0.29, 0.717) is 24.2 Å². The number of piperidine rings is 1. The van der Waals surface area contributed by atoms with E-state index < -0.39 is 0 Å². The number of nitrogens with zero attached hydrogens (tertiary/aromatic N) is 1. The van der Waals surface area contributed by atoms with Crippen LogP contribution in [-0.2, 0) is 19.4 Å². The maximum Gasteiger partial charge on any atom is 0.339 e. The molecule has 0 amide bonds. The molecule has 4 rings (SSSR count). The summed E-state index contributed by atoms with van der Waals surface area (Å²) in [7, 11) is 0. The Labute approximate surface area is 142 Å². The lowest BCUT2D eigenvalue weighted by Crippen LogP contribution is -2.43. The van der Waals surface area contributed by atoms with Crippen molar-refractivity contribution in [2.75, 3.05) is 0 Å². The van der Waals surface area contributed by atoms with Gasteiger partial charge in [0, 0.05) is 29.6 Å². The molecule has 24 heavy (non-hydrogen) atoms. The van der Waals surface area contributed by atoms with E-state index in [4.69, 9.17) is 4.42 Å². The Balaban J connectivity index is 1.84. The minimum Gasteiger partial charge on any atom is -0.507 e. The Bertz CT molecular complexity index is 829. The van der Waals surface area contributed by atoms with Crippen LogP contribution >= 0.6 is 0 Å². The second-order valence-corrected chi connectivity index (χ2v) is 7.44. The average Bonchev–Trinajstić information content (AvgIpc) is 3.03. The van der Waals surface area contributed by atoms with Crippen molar-refractivity contribution >= 4 is 11.0 Å². The molecule has 2 atom stereocenters. The number of fused-ring (bicyclic) bond motifs is 3. The van der Waals surface area contributed by atoms with Crippen molar-refractivity contribution in [3.63, 3.8) is 0 Å². The zero-order chi connectivity index (χ0) is 16.8. The summed E-state index contributed by atoms with van der Waals surface area (Å²) >= 11 is 0. The van der Waals surface area contributed by atoms with Crippen molar-refractivity contribution in [3.05, 3.63) is 39.2 Å². The Morgan fingerprint density at radius 3 is 2.58 bits per heavy atom. The van der Waals surface area contributed by atoms with Gasteiger partial charge < -0.3 is 9.52 Å². The van der Waals surface area contributed by atoms with Crippen LogP contribution in [-0.4, -0.2) is 22.1 Å². The van der Waals surface area contributed by atoms with Gasteiger partial charge in [0.2, 0.25) is 0 Å². The fraction of sp³-hybridized carbons (Fsp3) is 0.550. The van der Waals surface area contributed by atoms with Crippen molar-refractivity contribution < 1.29 is 9.52 Å². The summed E-state index contributed by atoms with van der Waals surface area (Å²) in [5.74, 6) is 0.230. The summed E-state index contributed by atoms with van der Waals surface area (Å²) in [6.07, 6.45) is 6.35. The molecule has 0 bridgehead atoms. The van der Waals surface area contributed by atoms with Gasteiger partial charge in [-0.2, -0.15) is 0 Å². The van der Waals surface area contributed by atoms with Crippen LogP contribution in [0.1, 0.15) is 56.2 Å². The molecule has 0 unspecified atom stereocenters. The van der Waals surface area contributed by atoms with E-state index in [9.17, 15) is 9.90 Å².